The normalized spacial score (nSPS) is 11.8. The minimum absolute atomic E-state index is 0.222. The molecule has 0 radical (unpaired) electrons. The molecule has 8 nitrogen and oxygen atoms in total. The SMILES string of the molecule is COc1cccc(C(CN)NC(=O)Oc2ccsc2Nc2ccnc3[nH]ccc23)c1. The van der Waals surface area contributed by atoms with E-state index in [1.54, 1.807) is 19.4 Å². The summed E-state index contributed by atoms with van der Waals surface area (Å²) in [4.78, 5) is 19.9. The lowest BCUT2D eigenvalue weighted by atomic mass is 10.1. The van der Waals surface area contributed by atoms with E-state index < -0.39 is 12.1 Å². The maximum atomic E-state index is 12.5. The number of aromatic nitrogens is 2. The number of nitrogens with zero attached hydrogens (tertiary/aromatic N) is 1. The number of benzene rings is 1. The van der Waals surface area contributed by atoms with Crippen molar-refractivity contribution in [3.63, 3.8) is 0 Å². The fraction of sp³-hybridized carbons (Fsp3) is 0.143. The highest BCUT2D eigenvalue weighted by Gasteiger charge is 2.17. The predicted octanol–water partition coefficient (Wildman–Crippen LogP) is 4.17. The summed E-state index contributed by atoms with van der Waals surface area (Å²) in [6.45, 7) is 0.222. The Morgan fingerprint density at radius 2 is 2.20 bits per heavy atom. The topological polar surface area (TPSA) is 114 Å². The lowest BCUT2D eigenvalue weighted by molar-refractivity contribution is 0.196. The smallest absolute Gasteiger partial charge is 0.413 e. The molecule has 0 fully saturated rings. The van der Waals surface area contributed by atoms with E-state index in [4.69, 9.17) is 15.2 Å². The van der Waals surface area contributed by atoms with E-state index >= 15 is 0 Å². The predicted molar refractivity (Wildman–Crippen MR) is 118 cm³/mol. The molecule has 0 aliphatic heterocycles. The molecule has 0 spiro atoms. The maximum absolute atomic E-state index is 12.5. The molecule has 9 heteroatoms. The van der Waals surface area contributed by atoms with Gasteiger partial charge in [-0.25, -0.2) is 9.78 Å². The average Bonchev–Trinajstić information content (AvgIpc) is 3.42. The van der Waals surface area contributed by atoms with Gasteiger partial charge < -0.3 is 30.8 Å². The van der Waals surface area contributed by atoms with Crippen LogP contribution in [0.5, 0.6) is 11.5 Å². The molecule has 3 heterocycles. The number of anilines is 2. The third kappa shape index (κ3) is 4.22. The summed E-state index contributed by atoms with van der Waals surface area (Å²) < 4.78 is 10.8. The number of nitrogens with two attached hydrogens (primary N) is 1. The van der Waals surface area contributed by atoms with E-state index in [0.717, 1.165) is 22.3 Å². The number of carbonyl (C=O) groups is 1. The molecule has 154 valence electrons. The van der Waals surface area contributed by atoms with Gasteiger partial charge in [-0.1, -0.05) is 12.1 Å². The van der Waals surface area contributed by atoms with Crippen LogP contribution in [0.4, 0.5) is 15.5 Å². The third-order valence-electron chi connectivity index (χ3n) is 4.56. The number of hydrogen-bond donors (Lipinski definition) is 4. The summed E-state index contributed by atoms with van der Waals surface area (Å²) in [5.74, 6) is 1.12. The number of hydrogen-bond acceptors (Lipinski definition) is 7. The van der Waals surface area contributed by atoms with Gasteiger partial charge in [-0.2, -0.15) is 0 Å². The number of nitrogens with one attached hydrogen (secondary N) is 3. The molecule has 30 heavy (non-hydrogen) atoms. The van der Waals surface area contributed by atoms with Gasteiger partial charge in [0.2, 0.25) is 0 Å². The zero-order chi connectivity index (χ0) is 20.9. The van der Waals surface area contributed by atoms with Crippen LogP contribution < -0.4 is 25.8 Å². The van der Waals surface area contributed by atoms with Gasteiger partial charge in [0.15, 0.2) is 5.75 Å². The third-order valence-corrected chi connectivity index (χ3v) is 5.38. The maximum Gasteiger partial charge on any atom is 0.413 e. The minimum Gasteiger partial charge on any atom is -0.497 e. The molecule has 4 aromatic rings. The van der Waals surface area contributed by atoms with Gasteiger partial charge in [-0.05, 0) is 41.3 Å². The monoisotopic (exact) mass is 423 g/mol. The Kier molecular flexibility index (Phi) is 5.82. The number of rotatable bonds is 7. The fourth-order valence-electron chi connectivity index (χ4n) is 3.07. The molecule has 0 saturated heterocycles. The van der Waals surface area contributed by atoms with E-state index in [1.165, 1.54) is 11.3 Å². The van der Waals surface area contributed by atoms with Crippen LogP contribution in [-0.4, -0.2) is 29.7 Å². The number of ether oxygens (including phenoxy) is 2. The Morgan fingerprint density at radius 1 is 1.30 bits per heavy atom. The van der Waals surface area contributed by atoms with E-state index in [0.29, 0.717) is 16.5 Å². The first-order valence-corrected chi connectivity index (χ1v) is 10.1. The Balaban J connectivity index is 1.46. The lowest BCUT2D eigenvalue weighted by Gasteiger charge is -2.18. The molecule has 5 N–H and O–H groups in total. The van der Waals surface area contributed by atoms with Crippen molar-refractivity contribution in [1.82, 2.24) is 15.3 Å². The van der Waals surface area contributed by atoms with Crippen LogP contribution in [0, 0.1) is 0 Å². The summed E-state index contributed by atoms with van der Waals surface area (Å²) in [7, 11) is 1.59. The first-order chi connectivity index (χ1) is 14.7. The highest BCUT2D eigenvalue weighted by Crippen LogP contribution is 2.35. The van der Waals surface area contributed by atoms with Crippen molar-refractivity contribution in [3.05, 3.63) is 65.8 Å². The van der Waals surface area contributed by atoms with E-state index in [-0.39, 0.29) is 6.54 Å². The van der Waals surface area contributed by atoms with Crippen molar-refractivity contribution in [2.45, 2.75) is 6.04 Å². The van der Waals surface area contributed by atoms with Crippen LogP contribution in [0.3, 0.4) is 0 Å². The molecular formula is C21H21N5O3S. The Bertz CT molecular complexity index is 1160. The quantitative estimate of drug-likeness (QED) is 0.355. The molecule has 1 amide bonds. The summed E-state index contributed by atoms with van der Waals surface area (Å²) in [5.41, 5.74) is 8.34. The van der Waals surface area contributed by atoms with Gasteiger partial charge in [0, 0.05) is 24.3 Å². The van der Waals surface area contributed by atoms with Gasteiger partial charge in [-0.3, -0.25) is 0 Å². The second kappa shape index (κ2) is 8.85. The van der Waals surface area contributed by atoms with Crippen LogP contribution in [-0.2, 0) is 0 Å². The molecule has 1 aromatic carbocycles. The molecule has 0 bridgehead atoms. The van der Waals surface area contributed by atoms with Gasteiger partial charge in [-0.15, -0.1) is 11.3 Å². The van der Waals surface area contributed by atoms with Crippen molar-refractivity contribution in [1.29, 1.82) is 0 Å². The van der Waals surface area contributed by atoms with Gasteiger partial charge in [0.25, 0.3) is 0 Å². The number of carbonyl (C=O) groups excluding carboxylic acids is 1. The minimum atomic E-state index is -0.587. The first kappa shape index (κ1) is 19.7. The number of pyridine rings is 1. The molecule has 1 atom stereocenters. The van der Waals surface area contributed by atoms with Crippen LogP contribution in [0.15, 0.2) is 60.2 Å². The van der Waals surface area contributed by atoms with Crippen LogP contribution in [0.25, 0.3) is 11.0 Å². The Hall–Kier alpha value is -3.56. The number of amides is 1. The molecule has 1 unspecified atom stereocenters. The van der Waals surface area contributed by atoms with Gasteiger partial charge in [0.05, 0.1) is 18.8 Å². The van der Waals surface area contributed by atoms with E-state index in [1.807, 2.05) is 48.0 Å². The number of fused-ring (bicyclic) bond motifs is 1. The molecule has 0 aliphatic rings. The highest BCUT2D eigenvalue weighted by atomic mass is 32.1. The molecular weight excluding hydrogens is 402 g/mol. The molecule has 0 saturated carbocycles. The number of H-pyrrole nitrogens is 1. The second-order valence-corrected chi connectivity index (χ2v) is 7.35. The standard InChI is InChI=1S/C21H21N5O3S/c1-28-14-4-2-3-13(11-14)17(12-22)26-21(27)29-18-7-10-30-20(18)25-16-6-9-24-19-15(16)5-8-23-19/h2-11,17H,12,22H2,1H3,(H,26,27)(H2,23,24,25). The number of methoxy groups -OCH3 is 1. The van der Waals surface area contributed by atoms with Crippen LogP contribution >= 0.6 is 11.3 Å². The van der Waals surface area contributed by atoms with Crippen molar-refractivity contribution in [3.8, 4) is 11.5 Å². The van der Waals surface area contributed by atoms with Crippen molar-refractivity contribution >= 4 is 39.2 Å². The van der Waals surface area contributed by atoms with Crippen molar-refractivity contribution in [2.24, 2.45) is 5.73 Å². The Labute approximate surface area is 177 Å². The summed E-state index contributed by atoms with van der Waals surface area (Å²) in [5, 5.41) is 9.63. The van der Waals surface area contributed by atoms with Crippen LogP contribution in [0.2, 0.25) is 0 Å². The van der Waals surface area contributed by atoms with Crippen LogP contribution in [0.1, 0.15) is 11.6 Å². The Morgan fingerprint density at radius 3 is 3.03 bits per heavy atom. The van der Waals surface area contributed by atoms with Gasteiger partial charge in [0.1, 0.15) is 16.4 Å². The summed E-state index contributed by atoms with van der Waals surface area (Å²) >= 11 is 1.44. The average molecular weight is 423 g/mol. The zero-order valence-electron chi connectivity index (χ0n) is 16.2. The summed E-state index contributed by atoms with van der Waals surface area (Å²) in [6.07, 6.45) is 2.95. The largest absolute Gasteiger partial charge is 0.497 e. The number of thiophene rings is 1. The molecule has 3 aromatic heterocycles. The lowest BCUT2D eigenvalue weighted by Crippen LogP contribution is -2.35. The van der Waals surface area contributed by atoms with E-state index in [9.17, 15) is 4.79 Å². The number of aromatic amines is 1. The van der Waals surface area contributed by atoms with Gasteiger partial charge >= 0.3 is 6.09 Å². The van der Waals surface area contributed by atoms with Crippen molar-refractivity contribution in [2.75, 3.05) is 19.0 Å². The molecule has 0 aliphatic carbocycles. The first-order valence-electron chi connectivity index (χ1n) is 9.27. The zero-order valence-corrected chi connectivity index (χ0v) is 17.0. The highest BCUT2D eigenvalue weighted by molar-refractivity contribution is 7.14. The second-order valence-electron chi connectivity index (χ2n) is 6.44. The molecule has 4 rings (SSSR count). The van der Waals surface area contributed by atoms with Crippen molar-refractivity contribution < 1.29 is 14.3 Å². The fourth-order valence-corrected chi connectivity index (χ4v) is 3.79. The van der Waals surface area contributed by atoms with E-state index in [2.05, 4.69) is 20.6 Å². The summed E-state index contributed by atoms with van der Waals surface area (Å²) in [6, 6.07) is 12.5.